The number of rotatable bonds is 0. The normalized spacial score (nSPS) is 10.8. The van der Waals surface area contributed by atoms with E-state index in [1.165, 1.54) is 21.5 Å². The molecule has 12 heavy (non-hydrogen) atoms. The summed E-state index contributed by atoms with van der Waals surface area (Å²) in [7, 11) is 1.62. The van der Waals surface area contributed by atoms with Crippen molar-refractivity contribution in [2.75, 3.05) is 5.73 Å². The van der Waals surface area contributed by atoms with E-state index in [1.807, 2.05) is 0 Å². The standard InChI is InChI=1S/C6H7N5O/c1-10-5(12)2-4(7)11-6(10)8-3-9-11/h2-3H,7H2,1H3. The Hall–Kier alpha value is -1.85. The molecule has 0 saturated carbocycles. The Balaban J connectivity index is 3.07. The van der Waals surface area contributed by atoms with Gasteiger partial charge in [0.1, 0.15) is 12.1 Å². The van der Waals surface area contributed by atoms with Gasteiger partial charge >= 0.3 is 0 Å². The molecule has 0 amide bonds. The Labute approximate surface area is 67.3 Å². The highest BCUT2D eigenvalue weighted by molar-refractivity contribution is 5.39. The molecule has 2 aromatic heterocycles. The fourth-order valence-corrected chi connectivity index (χ4v) is 1.03. The lowest BCUT2D eigenvalue weighted by Gasteiger charge is -2.00. The van der Waals surface area contributed by atoms with E-state index in [2.05, 4.69) is 10.1 Å². The molecule has 0 saturated heterocycles. The number of anilines is 1. The maximum atomic E-state index is 11.2. The smallest absolute Gasteiger partial charge is 0.256 e. The van der Waals surface area contributed by atoms with Gasteiger partial charge in [-0.3, -0.25) is 9.36 Å². The summed E-state index contributed by atoms with van der Waals surface area (Å²) in [5.74, 6) is 0.741. The number of aryl methyl sites for hydroxylation is 1. The zero-order valence-corrected chi connectivity index (χ0v) is 6.43. The number of nitrogens with two attached hydrogens (primary N) is 1. The van der Waals surface area contributed by atoms with Crippen LogP contribution in [0.5, 0.6) is 0 Å². The summed E-state index contributed by atoms with van der Waals surface area (Å²) in [4.78, 5) is 15.0. The minimum Gasteiger partial charge on any atom is -0.383 e. The molecule has 0 bridgehead atoms. The number of hydrogen-bond donors (Lipinski definition) is 1. The van der Waals surface area contributed by atoms with Crippen molar-refractivity contribution in [2.24, 2.45) is 7.05 Å². The topological polar surface area (TPSA) is 78.2 Å². The number of aromatic nitrogens is 4. The molecule has 0 aliphatic heterocycles. The Morgan fingerprint density at radius 2 is 2.33 bits per heavy atom. The van der Waals surface area contributed by atoms with Crippen molar-refractivity contribution in [3.8, 4) is 0 Å². The van der Waals surface area contributed by atoms with Crippen molar-refractivity contribution in [3.63, 3.8) is 0 Å². The second-order valence-corrected chi connectivity index (χ2v) is 2.44. The first kappa shape index (κ1) is 6.84. The van der Waals surface area contributed by atoms with Crippen LogP contribution in [0, 0.1) is 0 Å². The van der Waals surface area contributed by atoms with Gasteiger partial charge < -0.3 is 5.73 Å². The van der Waals surface area contributed by atoms with E-state index in [0.29, 0.717) is 11.6 Å². The lowest BCUT2D eigenvalue weighted by molar-refractivity contribution is 0.819. The first-order valence-corrected chi connectivity index (χ1v) is 3.35. The molecule has 62 valence electrons. The maximum Gasteiger partial charge on any atom is 0.256 e. The lowest BCUT2D eigenvalue weighted by Crippen LogP contribution is -2.20. The van der Waals surface area contributed by atoms with E-state index in [1.54, 1.807) is 7.05 Å². The molecule has 0 aliphatic rings. The summed E-state index contributed by atoms with van der Waals surface area (Å²) in [6.07, 6.45) is 1.35. The predicted octanol–water partition coefficient (Wildman–Crippen LogP) is -0.990. The highest BCUT2D eigenvalue weighted by Gasteiger charge is 2.03. The van der Waals surface area contributed by atoms with Crippen LogP contribution in [0.15, 0.2) is 17.2 Å². The van der Waals surface area contributed by atoms with Gasteiger partial charge in [0.2, 0.25) is 5.78 Å². The van der Waals surface area contributed by atoms with E-state index < -0.39 is 0 Å². The number of nitrogens with zero attached hydrogens (tertiary/aromatic N) is 4. The molecule has 6 nitrogen and oxygen atoms in total. The van der Waals surface area contributed by atoms with Crippen LogP contribution in [0.1, 0.15) is 0 Å². The molecule has 2 rings (SSSR count). The molecule has 2 N–H and O–H groups in total. The van der Waals surface area contributed by atoms with Gasteiger partial charge in [-0.05, 0) is 0 Å². The third-order valence-corrected chi connectivity index (χ3v) is 1.68. The fourth-order valence-electron chi connectivity index (χ4n) is 1.03. The van der Waals surface area contributed by atoms with Crippen LogP contribution in [0.25, 0.3) is 5.78 Å². The minimum absolute atomic E-state index is 0.187. The largest absolute Gasteiger partial charge is 0.383 e. The Morgan fingerprint density at radius 1 is 1.58 bits per heavy atom. The van der Waals surface area contributed by atoms with Gasteiger partial charge in [0.15, 0.2) is 0 Å². The quantitative estimate of drug-likeness (QED) is 0.543. The third kappa shape index (κ3) is 0.714. The molecular weight excluding hydrogens is 158 g/mol. The molecular formula is C6H7N5O. The first-order chi connectivity index (χ1) is 5.70. The number of nitrogen functional groups attached to an aromatic ring is 1. The van der Waals surface area contributed by atoms with Crippen molar-refractivity contribution in [3.05, 3.63) is 22.7 Å². The Bertz CT molecular complexity index is 482. The number of hydrogen-bond acceptors (Lipinski definition) is 4. The van der Waals surface area contributed by atoms with Crippen molar-refractivity contribution < 1.29 is 0 Å². The van der Waals surface area contributed by atoms with E-state index in [0.717, 1.165) is 0 Å². The van der Waals surface area contributed by atoms with Gasteiger partial charge in [-0.1, -0.05) is 0 Å². The van der Waals surface area contributed by atoms with Gasteiger partial charge in [-0.25, -0.2) is 0 Å². The molecule has 0 unspecified atom stereocenters. The average molecular weight is 165 g/mol. The van der Waals surface area contributed by atoms with Crippen LogP contribution < -0.4 is 11.3 Å². The van der Waals surface area contributed by atoms with Crippen molar-refractivity contribution >= 4 is 11.6 Å². The van der Waals surface area contributed by atoms with E-state index >= 15 is 0 Å². The average Bonchev–Trinajstić information content (AvgIpc) is 2.48. The van der Waals surface area contributed by atoms with Gasteiger partial charge in [0, 0.05) is 13.1 Å². The zero-order chi connectivity index (χ0) is 8.72. The molecule has 0 radical (unpaired) electrons. The summed E-state index contributed by atoms with van der Waals surface area (Å²) in [6.45, 7) is 0. The van der Waals surface area contributed by atoms with Gasteiger partial charge in [0.05, 0.1) is 0 Å². The van der Waals surface area contributed by atoms with E-state index in [-0.39, 0.29) is 5.56 Å². The minimum atomic E-state index is -0.187. The van der Waals surface area contributed by atoms with Crippen molar-refractivity contribution in [1.29, 1.82) is 0 Å². The summed E-state index contributed by atoms with van der Waals surface area (Å²) in [5.41, 5.74) is 5.33. The molecule has 0 spiro atoms. The Morgan fingerprint density at radius 3 is 3.08 bits per heavy atom. The predicted molar refractivity (Wildman–Crippen MR) is 42.6 cm³/mol. The van der Waals surface area contributed by atoms with Crippen molar-refractivity contribution in [1.82, 2.24) is 19.2 Å². The van der Waals surface area contributed by atoms with E-state index in [9.17, 15) is 4.79 Å². The van der Waals surface area contributed by atoms with Crippen LogP contribution in [0.4, 0.5) is 5.82 Å². The van der Waals surface area contributed by atoms with Gasteiger partial charge in [0.25, 0.3) is 5.56 Å². The second-order valence-electron chi connectivity index (χ2n) is 2.44. The van der Waals surface area contributed by atoms with Crippen LogP contribution in [-0.4, -0.2) is 19.2 Å². The van der Waals surface area contributed by atoms with Crippen molar-refractivity contribution in [2.45, 2.75) is 0 Å². The van der Waals surface area contributed by atoms with Crippen LogP contribution in [0.3, 0.4) is 0 Å². The molecule has 2 heterocycles. The third-order valence-electron chi connectivity index (χ3n) is 1.68. The SMILES string of the molecule is Cn1c(=O)cc(N)n2ncnc12. The summed E-state index contributed by atoms with van der Waals surface area (Å²) in [5, 5.41) is 3.84. The van der Waals surface area contributed by atoms with Crippen LogP contribution >= 0.6 is 0 Å². The first-order valence-electron chi connectivity index (χ1n) is 3.35. The summed E-state index contributed by atoms with van der Waals surface area (Å²) < 4.78 is 2.78. The molecule has 6 heteroatoms. The number of fused-ring (bicyclic) bond motifs is 1. The highest BCUT2D eigenvalue weighted by atomic mass is 16.1. The van der Waals surface area contributed by atoms with Gasteiger partial charge in [-0.2, -0.15) is 14.6 Å². The molecule has 0 aliphatic carbocycles. The summed E-state index contributed by atoms with van der Waals surface area (Å²) >= 11 is 0. The molecule has 0 atom stereocenters. The van der Waals surface area contributed by atoms with Crippen LogP contribution in [-0.2, 0) is 7.05 Å². The van der Waals surface area contributed by atoms with Gasteiger partial charge in [-0.15, -0.1) is 0 Å². The molecule has 0 aromatic carbocycles. The second kappa shape index (κ2) is 2.07. The monoisotopic (exact) mass is 165 g/mol. The molecule has 0 fully saturated rings. The Kier molecular flexibility index (Phi) is 1.18. The zero-order valence-electron chi connectivity index (χ0n) is 6.43. The summed E-state index contributed by atoms with van der Waals surface area (Å²) in [6, 6.07) is 1.31. The molecule has 2 aromatic rings. The van der Waals surface area contributed by atoms with E-state index in [4.69, 9.17) is 5.73 Å². The lowest BCUT2D eigenvalue weighted by atomic mass is 10.6. The highest BCUT2D eigenvalue weighted by Crippen LogP contribution is 1.99. The maximum absolute atomic E-state index is 11.2. The van der Waals surface area contributed by atoms with Crippen LogP contribution in [0.2, 0.25) is 0 Å². The fraction of sp³-hybridized carbons (Fsp3) is 0.167.